The van der Waals surface area contributed by atoms with Crippen LogP contribution in [0.15, 0.2) is 0 Å². The molecule has 1 rings (SSSR count). The van der Waals surface area contributed by atoms with Gasteiger partial charge in [0, 0.05) is 7.11 Å². The summed E-state index contributed by atoms with van der Waals surface area (Å²) >= 11 is 0. The highest BCUT2D eigenvalue weighted by Crippen LogP contribution is 2.31. The second-order valence-electron chi connectivity index (χ2n) is 4.52. The summed E-state index contributed by atoms with van der Waals surface area (Å²) in [6.07, 6.45) is 5.53. The third kappa shape index (κ3) is 3.80. The second-order valence-corrected chi connectivity index (χ2v) is 4.52. The summed E-state index contributed by atoms with van der Waals surface area (Å²) in [5, 5.41) is 0. The van der Waals surface area contributed by atoms with Crippen LogP contribution in [0, 0.1) is 0 Å². The van der Waals surface area contributed by atoms with E-state index in [2.05, 4.69) is 0 Å². The van der Waals surface area contributed by atoms with Gasteiger partial charge >= 0.3 is 5.97 Å². The lowest BCUT2D eigenvalue weighted by Gasteiger charge is -2.29. The normalized spacial score (nSPS) is 19.4. The Balaban J connectivity index is 2.64. The molecule has 0 spiro atoms. The molecular weight excluding hydrogens is 220 g/mol. The van der Waals surface area contributed by atoms with Gasteiger partial charge in [0.25, 0.3) is 0 Å². The van der Waals surface area contributed by atoms with Crippen molar-refractivity contribution in [2.24, 2.45) is 0 Å². The number of hydrogen-bond acceptors (Lipinski definition) is 4. The van der Waals surface area contributed by atoms with Crippen LogP contribution in [0.3, 0.4) is 0 Å². The maximum Gasteiger partial charge on any atom is 0.313 e. The van der Waals surface area contributed by atoms with Crippen molar-refractivity contribution in [1.29, 1.82) is 0 Å². The molecule has 98 valence electrons. The Bertz CT molecular complexity index is 265. The minimum Gasteiger partial charge on any atom is -0.466 e. The van der Waals surface area contributed by atoms with Crippen LogP contribution in [0.1, 0.15) is 51.9 Å². The van der Waals surface area contributed by atoms with Crippen molar-refractivity contribution < 1.29 is 19.1 Å². The molecule has 0 bridgehead atoms. The lowest BCUT2D eigenvalue weighted by Crippen LogP contribution is -2.41. The Hall–Kier alpha value is -0.900. The summed E-state index contributed by atoms with van der Waals surface area (Å²) < 4.78 is 10.3. The van der Waals surface area contributed by atoms with Gasteiger partial charge in [-0.3, -0.25) is 9.59 Å². The van der Waals surface area contributed by atoms with Crippen LogP contribution in [-0.2, 0) is 19.1 Å². The van der Waals surface area contributed by atoms with E-state index in [4.69, 9.17) is 9.47 Å². The molecule has 4 heteroatoms. The number of ether oxygens (including phenoxy) is 2. The van der Waals surface area contributed by atoms with Crippen LogP contribution in [0.25, 0.3) is 0 Å². The molecule has 0 radical (unpaired) electrons. The number of esters is 1. The van der Waals surface area contributed by atoms with E-state index in [0.29, 0.717) is 6.61 Å². The Morgan fingerprint density at radius 1 is 1.12 bits per heavy atom. The molecule has 0 N–H and O–H groups in total. The first-order chi connectivity index (χ1) is 8.14. The summed E-state index contributed by atoms with van der Waals surface area (Å²) in [5.74, 6) is -0.571. The van der Waals surface area contributed by atoms with Gasteiger partial charge < -0.3 is 9.47 Å². The summed E-state index contributed by atoms with van der Waals surface area (Å²) in [6, 6.07) is 0. The molecule has 1 aliphatic carbocycles. The molecule has 0 unspecified atom stereocenters. The van der Waals surface area contributed by atoms with Crippen molar-refractivity contribution in [3.63, 3.8) is 0 Å². The largest absolute Gasteiger partial charge is 0.466 e. The van der Waals surface area contributed by atoms with Gasteiger partial charge in [-0.25, -0.2) is 0 Å². The summed E-state index contributed by atoms with van der Waals surface area (Å²) in [7, 11) is 1.56. The molecule has 0 heterocycles. The number of ketones is 1. The van der Waals surface area contributed by atoms with E-state index in [1.54, 1.807) is 14.0 Å². The van der Waals surface area contributed by atoms with Crippen LogP contribution in [0.5, 0.6) is 0 Å². The average Bonchev–Trinajstić information content (AvgIpc) is 2.55. The van der Waals surface area contributed by atoms with Gasteiger partial charge in [-0.1, -0.05) is 25.7 Å². The van der Waals surface area contributed by atoms with E-state index in [0.717, 1.165) is 38.5 Å². The van der Waals surface area contributed by atoms with Gasteiger partial charge in [0.05, 0.1) is 6.61 Å². The fourth-order valence-electron chi connectivity index (χ4n) is 2.40. The third-order valence-corrected chi connectivity index (χ3v) is 3.42. The van der Waals surface area contributed by atoms with Crippen LogP contribution in [-0.4, -0.2) is 31.1 Å². The van der Waals surface area contributed by atoms with Crippen molar-refractivity contribution in [2.75, 3.05) is 13.7 Å². The van der Waals surface area contributed by atoms with Gasteiger partial charge in [0.15, 0.2) is 5.78 Å². The predicted molar refractivity (Wildman–Crippen MR) is 63.7 cm³/mol. The van der Waals surface area contributed by atoms with Crippen LogP contribution in [0.4, 0.5) is 0 Å². The lowest BCUT2D eigenvalue weighted by atomic mass is 9.88. The van der Waals surface area contributed by atoms with Crippen LogP contribution < -0.4 is 0 Å². The zero-order chi connectivity index (χ0) is 12.7. The lowest BCUT2D eigenvalue weighted by molar-refractivity contribution is -0.153. The summed E-state index contributed by atoms with van der Waals surface area (Å²) in [6.45, 7) is 2.05. The molecule has 0 atom stereocenters. The van der Waals surface area contributed by atoms with Crippen molar-refractivity contribution in [1.82, 2.24) is 0 Å². The van der Waals surface area contributed by atoms with Gasteiger partial charge in [0.1, 0.15) is 12.0 Å². The third-order valence-electron chi connectivity index (χ3n) is 3.42. The van der Waals surface area contributed by atoms with E-state index in [-0.39, 0.29) is 12.2 Å². The van der Waals surface area contributed by atoms with E-state index < -0.39 is 11.6 Å². The maximum absolute atomic E-state index is 12.2. The predicted octanol–water partition coefficient (Wildman–Crippen LogP) is 2.25. The highest BCUT2D eigenvalue weighted by Gasteiger charge is 2.39. The van der Waals surface area contributed by atoms with E-state index in [1.165, 1.54) is 0 Å². The Kier molecular flexibility index (Phi) is 5.62. The summed E-state index contributed by atoms with van der Waals surface area (Å²) in [4.78, 5) is 23.5. The van der Waals surface area contributed by atoms with Crippen LogP contribution >= 0.6 is 0 Å². The van der Waals surface area contributed by atoms with Gasteiger partial charge in [-0.05, 0) is 19.8 Å². The SMILES string of the molecule is CCOC(=O)CC(=O)C1(OC)CCCCCC1. The molecule has 0 amide bonds. The van der Waals surface area contributed by atoms with Crippen LogP contribution in [0.2, 0.25) is 0 Å². The number of hydrogen-bond donors (Lipinski definition) is 0. The molecule has 0 aromatic carbocycles. The van der Waals surface area contributed by atoms with Crippen molar-refractivity contribution >= 4 is 11.8 Å². The first-order valence-corrected chi connectivity index (χ1v) is 6.38. The maximum atomic E-state index is 12.2. The first-order valence-electron chi connectivity index (χ1n) is 6.38. The van der Waals surface area contributed by atoms with Gasteiger partial charge in [0.2, 0.25) is 0 Å². The molecule has 0 aromatic rings. The van der Waals surface area contributed by atoms with Crippen molar-refractivity contribution in [3.05, 3.63) is 0 Å². The zero-order valence-corrected chi connectivity index (χ0v) is 10.8. The monoisotopic (exact) mass is 242 g/mol. The molecule has 1 fully saturated rings. The molecule has 4 nitrogen and oxygen atoms in total. The minimum absolute atomic E-state index is 0.125. The van der Waals surface area contributed by atoms with Gasteiger partial charge in [-0.2, -0.15) is 0 Å². The minimum atomic E-state index is -0.747. The van der Waals surface area contributed by atoms with Crippen molar-refractivity contribution in [3.8, 4) is 0 Å². The number of Topliss-reactive ketones (excluding diaryl/α,β-unsaturated/α-hetero) is 1. The first kappa shape index (κ1) is 14.2. The molecule has 1 aliphatic rings. The second kappa shape index (κ2) is 6.74. The zero-order valence-electron chi connectivity index (χ0n) is 10.8. The Labute approximate surface area is 103 Å². The molecule has 0 aromatic heterocycles. The number of methoxy groups -OCH3 is 1. The molecular formula is C13H22O4. The topological polar surface area (TPSA) is 52.6 Å². The molecule has 0 saturated heterocycles. The standard InChI is InChI=1S/C13H22O4/c1-3-17-12(15)10-11(14)13(16-2)8-6-4-5-7-9-13/h3-10H2,1-2H3. The van der Waals surface area contributed by atoms with Gasteiger partial charge in [-0.15, -0.1) is 0 Å². The fraction of sp³-hybridized carbons (Fsp3) is 0.846. The fourth-order valence-corrected chi connectivity index (χ4v) is 2.40. The number of carbonyl (C=O) groups excluding carboxylic acids is 2. The average molecular weight is 242 g/mol. The highest BCUT2D eigenvalue weighted by molar-refractivity contribution is 6.00. The molecule has 0 aliphatic heterocycles. The molecule has 1 saturated carbocycles. The number of rotatable bonds is 5. The smallest absolute Gasteiger partial charge is 0.313 e. The van der Waals surface area contributed by atoms with Crippen molar-refractivity contribution in [2.45, 2.75) is 57.5 Å². The Morgan fingerprint density at radius 2 is 1.71 bits per heavy atom. The number of carbonyl (C=O) groups is 2. The van der Waals surface area contributed by atoms with E-state index in [1.807, 2.05) is 0 Å². The summed E-state index contributed by atoms with van der Waals surface area (Å²) in [5.41, 5.74) is -0.747. The highest BCUT2D eigenvalue weighted by atomic mass is 16.5. The Morgan fingerprint density at radius 3 is 2.18 bits per heavy atom. The molecule has 17 heavy (non-hydrogen) atoms. The quantitative estimate of drug-likeness (QED) is 0.421. The van der Waals surface area contributed by atoms with E-state index >= 15 is 0 Å². The van der Waals surface area contributed by atoms with E-state index in [9.17, 15) is 9.59 Å².